The molecule has 0 amide bonds. The van der Waals surface area contributed by atoms with Gasteiger partial charge in [0.15, 0.2) is 0 Å². The maximum atomic E-state index is 3.56. The van der Waals surface area contributed by atoms with E-state index in [4.69, 9.17) is 0 Å². The molecule has 1 nitrogen and oxygen atoms in total. The molecule has 1 N–H and O–H groups in total. The summed E-state index contributed by atoms with van der Waals surface area (Å²) in [6.07, 6.45) is 3.53. The van der Waals surface area contributed by atoms with Crippen LogP contribution in [0.15, 0.2) is 57.5 Å². The van der Waals surface area contributed by atoms with Crippen molar-refractivity contribution in [2.45, 2.75) is 19.3 Å². The monoisotopic (exact) mass is 381 g/mol. The highest BCUT2D eigenvalue weighted by Gasteiger charge is 2.02. The molecule has 0 aliphatic rings. The van der Waals surface area contributed by atoms with Crippen LogP contribution in [-0.4, -0.2) is 6.54 Å². The summed E-state index contributed by atoms with van der Waals surface area (Å²) in [6, 6.07) is 16.8. The van der Waals surface area contributed by atoms with Gasteiger partial charge in [0.1, 0.15) is 0 Å². The molecule has 0 aliphatic heterocycles. The van der Waals surface area contributed by atoms with Crippen LogP contribution in [-0.2, 0) is 6.42 Å². The molecule has 0 aromatic heterocycles. The summed E-state index contributed by atoms with van der Waals surface area (Å²) in [5, 5.41) is 3.47. The quantitative estimate of drug-likeness (QED) is 0.636. The molecule has 2 aromatic rings. The number of anilines is 1. The molecule has 19 heavy (non-hydrogen) atoms. The van der Waals surface area contributed by atoms with Crippen LogP contribution in [0.4, 0.5) is 5.69 Å². The highest BCUT2D eigenvalue weighted by Crippen LogP contribution is 2.30. The predicted octanol–water partition coefficient (Wildman–Crippen LogP) is 5.65. The Morgan fingerprint density at radius 3 is 2.16 bits per heavy atom. The minimum Gasteiger partial charge on any atom is -0.383 e. The van der Waals surface area contributed by atoms with Crippen molar-refractivity contribution in [1.82, 2.24) is 0 Å². The van der Waals surface area contributed by atoms with Crippen LogP contribution < -0.4 is 5.32 Å². The Morgan fingerprint density at radius 2 is 1.47 bits per heavy atom. The number of unbranched alkanes of at least 4 members (excludes halogenated alkanes) is 1. The molecule has 2 rings (SSSR count). The first-order valence-corrected chi connectivity index (χ1v) is 8.08. The van der Waals surface area contributed by atoms with E-state index in [0.717, 1.165) is 27.6 Å². The van der Waals surface area contributed by atoms with Crippen molar-refractivity contribution >= 4 is 37.5 Å². The van der Waals surface area contributed by atoms with E-state index >= 15 is 0 Å². The molecule has 0 unspecified atom stereocenters. The van der Waals surface area contributed by atoms with Gasteiger partial charge in [-0.25, -0.2) is 0 Å². The first-order chi connectivity index (χ1) is 9.27. The third-order valence-corrected chi connectivity index (χ3v) is 4.32. The van der Waals surface area contributed by atoms with Crippen molar-refractivity contribution in [2.24, 2.45) is 0 Å². The smallest absolute Gasteiger partial charge is 0.0628 e. The van der Waals surface area contributed by atoms with Crippen molar-refractivity contribution in [3.63, 3.8) is 0 Å². The number of hydrogen-bond donors (Lipinski definition) is 1. The molecule has 0 aliphatic carbocycles. The second-order valence-corrected chi connectivity index (χ2v) is 6.17. The molecule has 0 spiro atoms. The van der Waals surface area contributed by atoms with E-state index in [1.54, 1.807) is 0 Å². The van der Waals surface area contributed by atoms with Gasteiger partial charge in [0, 0.05) is 15.5 Å². The third-order valence-electron chi connectivity index (χ3n) is 3.00. The fourth-order valence-electron chi connectivity index (χ4n) is 1.98. The van der Waals surface area contributed by atoms with Gasteiger partial charge >= 0.3 is 0 Å². The summed E-state index contributed by atoms with van der Waals surface area (Å²) < 4.78 is 2.20. The van der Waals surface area contributed by atoms with E-state index < -0.39 is 0 Å². The highest BCUT2D eigenvalue weighted by atomic mass is 79.9. The van der Waals surface area contributed by atoms with Gasteiger partial charge in [0.25, 0.3) is 0 Å². The van der Waals surface area contributed by atoms with Crippen molar-refractivity contribution in [1.29, 1.82) is 0 Å². The Bertz CT molecular complexity index is 491. The highest BCUT2D eigenvalue weighted by molar-refractivity contribution is 9.11. The topological polar surface area (TPSA) is 12.0 Å². The number of hydrogen-bond acceptors (Lipinski definition) is 1. The molecule has 0 radical (unpaired) electrons. The van der Waals surface area contributed by atoms with Gasteiger partial charge in [-0.3, -0.25) is 0 Å². The zero-order chi connectivity index (χ0) is 13.5. The Kier molecular flexibility index (Phi) is 5.93. The van der Waals surface area contributed by atoms with E-state index in [1.807, 2.05) is 6.07 Å². The molecule has 100 valence electrons. The van der Waals surface area contributed by atoms with Gasteiger partial charge in [-0.05, 0) is 68.8 Å². The lowest BCUT2D eigenvalue weighted by Gasteiger charge is -2.10. The number of halogens is 2. The van der Waals surface area contributed by atoms with Crippen LogP contribution in [0.2, 0.25) is 0 Å². The maximum Gasteiger partial charge on any atom is 0.0628 e. The van der Waals surface area contributed by atoms with Crippen LogP contribution in [0.3, 0.4) is 0 Å². The average molecular weight is 383 g/mol. The first kappa shape index (κ1) is 14.6. The fraction of sp³-hybridized carbons (Fsp3) is 0.250. The number of rotatable bonds is 6. The normalized spacial score (nSPS) is 10.4. The zero-order valence-corrected chi connectivity index (χ0v) is 13.9. The van der Waals surface area contributed by atoms with Gasteiger partial charge in [-0.2, -0.15) is 0 Å². The van der Waals surface area contributed by atoms with Crippen molar-refractivity contribution < 1.29 is 0 Å². The third kappa shape index (κ3) is 4.66. The number of aryl methyl sites for hydroxylation is 1. The summed E-state index contributed by atoms with van der Waals surface area (Å²) in [4.78, 5) is 0. The Morgan fingerprint density at radius 1 is 0.789 bits per heavy atom. The average Bonchev–Trinajstić information content (AvgIpc) is 2.42. The molecule has 0 saturated heterocycles. The largest absolute Gasteiger partial charge is 0.383 e. The van der Waals surface area contributed by atoms with Gasteiger partial charge in [-0.15, -0.1) is 0 Å². The van der Waals surface area contributed by atoms with E-state index in [-0.39, 0.29) is 0 Å². The Labute approximate surface area is 131 Å². The van der Waals surface area contributed by atoms with Crippen LogP contribution >= 0.6 is 31.9 Å². The number of nitrogens with one attached hydrogen (secondary N) is 1. The number of benzene rings is 2. The molecule has 0 bridgehead atoms. The molecule has 2 aromatic carbocycles. The standard InChI is InChI=1S/C16H17Br2N/c17-14-10-6-11-15(18)16(14)19-12-5-4-9-13-7-2-1-3-8-13/h1-3,6-8,10-11,19H,4-5,9,12H2. The van der Waals surface area contributed by atoms with E-state index in [1.165, 1.54) is 18.4 Å². The zero-order valence-electron chi connectivity index (χ0n) is 10.7. The SMILES string of the molecule is Brc1cccc(Br)c1NCCCCc1ccccc1. The second kappa shape index (κ2) is 7.71. The molecule has 0 heterocycles. The fourth-order valence-corrected chi connectivity index (χ4v) is 3.26. The second-order valence-electron chi connectivity index (χ2n) is 4.47. The molecule has 0 atom stereocenters. The first-order valence-electron chi connectivity index (χ1n) is 6.49. The lowest BCUT2D eigenvalue weighted by molar-refractivity contribution is 0.763. The van der Waals surface area contributed by atoms with Gasteiger partial charge in [-0.1, -0.05) is 36.4 Å². The summed E-state index contributed by atoms with van der Waals surface area (Å²) in [5.74, 6) is 0. The summed E-state index contributed by atoms with van der Waals surface area (Å²) >= 11 is 7.12. The summed E-state index contributed by atoms with van der Waals surface area (Å²) in [6.45, 7) is 0.994. The molecular formula is C16H17Br2N. The van der Waals surface area contributed by atoms with Crippen molar-refractivity contribution in [3.05, 3.63) is 63.0 Å². The Hall–Kier alpha value is -0.800. The van der Waals surface area contributed by atoms with Gasteiger partial charge in [0.05, 0.1) is 5.69 Å². The van der Waals surface area contributed by atoms with Crippen LogP contribution in [0.5, 0.6) is 0 Å². The van der Waals surface area contributed by atoms with Gasteiger partial charge in [0.2, 0.25) is 0 Å². The van der Waals surface area contributed by atoms with Crippen LogP contribution in [0.25, 0.3) is 0 Å². The maximum absolute atomic E-state index is 3.56. The molecular weight excluding hydrogens is 366 g/mol. The van der Waals surface area contributed by atoms with Crippen molar-refractivity contribution in [2.75, 3.05) is 11.9 Å². The lowest BCUT2D eigenvalue weighted by atomic mass is 10.1. The van der Waals surface area contributed by atoms with E-state index in [0.29, 0.717) is 0 Å². The summed E-state index contributed by atoms with van der Waals surface area (Å²) in [7, 11) is 0. The molecule has 0 saturated carbocycles. The van der Waals surface area contributed by atoms with E-state index in [9.17, 15) is 0 Å². The molecule has 0 fully saturated rings. The van der Waals surface area contributed by atoms with E-state index in [2.05, 4.69) is 79.6 Å². The molecule has 3 heteroatoms. The minimum absolute atomic E-state index is 0.994. The van der Waals surface area contributed by atoms with Gasteiger partial charge < -0.3 is 5.32 Å². The van der Waals surface area contributed by atoms with Crippen molar-refractivity contribution in [3.8, 4) is 0 Å². The Balaban J connectivity index is 1.73. The van der Waals surface area contributed by atoms with Crippen LogP contribution in [0, 0.1) is 0 Å². The number of para-hydroxylation sites is 1. The lowest BCUT2D eigenvalue weighted by Crippen LogP contribution is -2.03. The van der Waals surface area contributed by atoms with Crippen LogP contribution in [0.1, 0.15) is 18.4 Å². The predicted molar refractivity (Wildman–Crippen MR) is 89.7 cm³/mol. The summed E-state index contributed by atoms with van der Waals surface area (Å²) in [5.41, 5.74) is 2.56. The minimum atomic E-state index is 0.994.